The van der Waals surface area contributed by atoms with Gasteiger partial charge < -0.3 is 10.1 Å². The predicted molar refractivity (Wildman–Crippen MR) is 66.8 cm³/mol. The maximum Gasteiger partial charge on any atom is 0.411 e. The second-order valence-electron chi connectivity index (χ2n) is 3.16. The minimum atomic E-state index is -0.982. The molecule has 96 valence electrons. The zero-order chi connectivity index (χ0) is 13.5. The summed E-state index contributed by atoms with van der Waals surface area (Å²) >= 11 is 5.69. The molecule has 0 spiro atoms. The van der Waals surface area contributed by atoms with Crippen LogP contribution >= 0.6 is 11.6 Å². The molecule has 0 saturated carbocycles. The van der Waals surface area contributed by atoms with Crippen LogP contribution in [0.2, 0.25) is 5.02 Å². The quantitative estimate of drug-likeness (QED) is 0.385. The molecule has 0 atom stereocenters. The fourth-order valence-corrected chi connectivity index (χ4v) is 1.21. The van der Waals surface area contributed by atoms with Gasteiger partial charge in [-0.1, -0.05) is 11.6 Å². The minimum absolute atomic E-state index is 0.0744. The SMILES string of the molecule is CCOC(=O)/C(=C/Nc1ccc(Cl)cc1)[N+](=O)[O-]. The highest BCUT2D eigenvalue weighted by atomic mass is 35.5. The lowest BCUT2D eigenvalue weighted by molar-refractivity contribution is -0.421. The van der Waals surface area contributed by atoms with Crippen LogP contribution in [0.4, 0.5) is 5.69 Å². The molecule has 0 saturated heterocycles. The topological polar surface area (TPSA) is 81.5 Å². The predicted octanol–water partition coefficient (Wildman–Crippen LogP) is 2.43. The number of nitro groups is 1. The molecule has 6 nitrogen and oxygen atoms in total. The number of hydrogen-bond acceptors (Lipinski definition) is 5. The van der Waals surface area contributed by atoms with Gasteiger partial charge in [0.05, 0.1) is 17.7 Å². The summed E-state index contributed by atoms with van der Waals surface area (Å²) in [6.45, 7) is 1.65. The van der Waals surface area contributed by atoms with E-state index in [9.17, 15) is 14.9 Å². The third kappa shape index (κ3) is 4.06. The van der Waals surface area contributed by atoms with E-state index in [1.54, 1.807) is 31.2 Å². The van der Waals surface area contributed by atoms with Crippen molar-refractivity contribution in [3.05, 3.63) is 51.3 Å². The Hall–Kier alpha value is -2.08. The molecule has 0 unspecified atom stereocenters. The van der Waals surface area contributed by atoms with Crippen molar-refractivity contribution >= 4 is 23.3 Å². The van der Waals surface area contributed by atoms with E-state index < -0.39 is 16.6 Å². The van der Waals surface area contributed by atoms with E-state index in [1.807, 2.05) is 0 Å². The first-order chi connectivity index (χ1) is 8.54. The lowest BCUT2D eigenvalue weighted by atomic mass is 10.3. The molecule has 1 rings (SSSR count). The molecule has 18 heavy (non-hydrogen) atoms. The van der Waals surface area contributed by atoms with E-state index in [-0.39, 0.29) is 6.61 Å². The standard InChI is InChI=1S/C11H11ClN2O4/c1-2-18-11(15)10(14(16)17)7-13-9-5-3-8(12)4-6-9/h3-7,13H,2H2,1H3/b10-7-. The van der Waals surface area contributed by atoms with Gasteiger partial charge in [-0.2, -0.15) is 0 Å². The number of hydrogen-bond donors (Lipinski definition) is 1. The molecule has 0 fully saturated rings. The van der Waals surface area contributed by atoms with Crippen LogP contribution in [0.1, 0.15) is 6.92 Å². The summed E-state index contributed by atoms with van der Waals surface area (Å²) in [6.07, 6.45) is 0.987. The summed E-state index contributed by atoms with van der Waals surface area (Å²) in [5, 5.41) is 13.8. The first-order valence-corrected chi connectivity index (χ1v) is 5.46. The maximum absolute atomic E-state index is 11.3. The molecule has 7 heteroatoms. The fourth-order valence-electron chi connectivity index (χ4n) is 1.09. The summed E-state index contributed by atoms with van der Waals surface area (Å²) in [6, 6.07) is 6.49. The highest BCUT2D eigenvalue weighted by Crippen LogP contribution is 2.13. The molecular weight excluding hydrogens is 260 g/mol. The molecule has 0 bridgehead atoms. The van der Waals surface area contributed by atoms with E-state index in [0.29, 0.717) is 10.7 Å². The van der Waals surface area contributed by atoms with Crippen LogP contribution < -0.4 is 5.32 Å². The van der Waals surface area contributed by atoms with Crippen molar-refractivity contribution in [1.82, 2.24) is 0 Å². The van der Waals surface area contributed by atoms with Gasteiger partial charge in [-0.15, -0.1) is 0 Å². The molecular formula is C11H11ClN2O4. The van der Waals surface area contributed by atoms with Crippen LogP contribution in [0.25, 0.3) is 0 Å². The Labute approximate surface area is 108 Å². The Morgan fingerprint density at radius 2 is 2.11 bits per heavy atom. The van der Waals surface area contributed by atoms with E-state index in [0.717, 1.165) is 6.20 Å². The van der Waals surface area contributed by atoms with Crippen LogP contribution in [-0.4, -0.2) is 17.5 Å². The maximum atomic E-state index is 11.3. The summed E-state index contributed by atoms with van der Waals surface area (Å²) in [5.74, 6) is -0.982. The molecule has 0 aliphatic heterocycles. The number of benzene rings is 1. The fraction of sp³-hybridized carbons (Fsp3) is 0.182. The largest absolute Gasteiger partial charge is 0.458 e. The monoisotopic (exact) mass is 270 g/mol. The number of carbonyl (C=O) groups is 1. The lowest BCUT2D eigenvalue weighted by Gasteiger charge is -2.02. The first-order valence-electron chi connectivity index (χ1n) is 5.08. The zero-order valence-electron chi connectivity index (χ0n) is 9.55. The van der Waals surface area contributed by atoms with Gasteiger partial charge in [0.2, 0.25) is 0 Å². The smallest absolute Gasteiger partial charge is 0.411 e. The van der Waals surface area contributed by atoms with Crippen molar-refractivity contribution < 1.29 is 14.5 Å². The molecule has 0 amide bonds. The van der Waals surface area contributed by atoms with Gasteiger partial charge in [-0.25, -0.2) is 4.79 Å². The highest BCUT2D eigenvalue weighted by molar-refractivity contribution is 6.30. The van der Waals surface area contributed by atoms with E-state index >= 15 is 0 Å². The number of anilines is 1. The average molecular weight is 271 g/mol. The molecule has 1 aromatic rings. The summed E-state index contributed by atoms with van der Waals surface area (Å²) in [7, 11) is 0. The third-order valence-electron chi connectivity index (χ3n) is 1.90. The number of esters is 1. The minimum Gasteiger partial charge on any atom is -0.458 e. The average Bonchev–Trinajstić information content (AvgIpc) is 2.31. The lowest BCUT2D eigenvalue weighted by Crippen LogP contribution is -2.16. The zero-order valence-corrected chi connectivity index (χ0v) is 10.3. The molecule has 1 aromatic carbocycles. The number of rotatable bonds is 5. The van der Waals surface area contributed by atoms with Crippen molar-refractivity contribution in [3.8, 4) is 0 Å². The van der Waals surface area contributed by atoms with Crippen molar-refractivity contribution in [1.29, 1.82) is 0 Å². The third-order valence-corrected chi connectivity index (χ3v) is 2.15. The van der Waals surface area contributed by atoms with Crippen molar-refractivity contribution in [3.63, 3.8) is 0 Å². The van der Waals surface area contributed by atoms with Crippen LogP contribution in [0.5, 0.6) is 0 Å². The number of halogens is 1. The van der Waals surface area contributed by atoms with Crippen molar-refractivity contribution in [2.24, 2.45) is 0 Å². The second kappa shape index (κ2) is 6.61. The van der Waals surface area contributed by atoms with Gasteiger partial charge in [0.25, 0.3) is 0 Å². The van der Waals surface area contributed by atoms with Gasteiger partial charge >= 0.3 is 11.7 Å². The number of nitrogens with one attached hydrogen (secondary N) is 1. The van der Waals surface area contributed by atoms with Crippen molar-refractivity contribution in [2.75, 3.05) is 11.9 Å². The Morgan fingerprint density at radius 1 is 1.50 bits per heavy atom. The van der Waals surface area contributed by atoms with E-state index in [2.05, 4.69) is 10.1 Å². The van der Waals surface area contributed by atoms with Crippen LogP contribution in [0.3, 0.4) is 0 Å². The van der Waals surface area contributed by atoms with Crippen LogP contribution in [0.15, 0.2) is 36.2 Å². The molecule has 0 radical (unpaired) electrons. The summed E-state index contributed by atoms with van der Waals surface area (Å²) in [5.41, 5.74) is -0.0881. The Kier molecular flexibility index (Phi) is 5.13. The number of ether oxygens (including phenoxy) is 1. The van der Waals surface area contributed by atoms with E-state index in [4.69, 9.17) is 11.6 Å². The summed E-state index contributed by atoms with van der Waals surface area (Å²) in [4.78, 5) is 21.1. The molecule has 0 aromatic heterocycles. The number of carbonyl (C=O) groups excluding carboxylic acids is 1. The molecule has 0 aliphatic carbocycles. The van der Waals surface area contributed by atoms with Gasteiger partial charge in [-0.3, -0.25) is 10.1 Å². The Balaban J connectivity index is 2.80. The summed E-state index contributed by atoms with van der Waals surface area (Å²) < 4.78 is 4.56. The van der Waals surface area contributed by atoms with Crippen LogP contribution in [0, 0.1) is 10.1 Å². The molecule has 0 aliphatic rings. The molecule has 0 heterocycles. The second-order valence-corrected chi connectivity index (χ2v) is 3.59. The van der Waals surface area contributed by atoms with Gasteiger partial charge in [0, 0.05) is 10.7 Å². The van der Waals surface area contributed by atoms with Gasteiger partial charge in [0.15, 0.2) is 0 Å². The van der Waals surface area contributed by atoms with Crippen molar-refractivity contribution in [2.45, 2.75) is 6.92 Å². The van der Waals surface area contributed by atoms with Gasteiger partial charge in [-0.05, 0) is 31.2 Å². The van der Waals surface area contributed by atoms with Crippen LogP contribution in [-0.2, 0) is 9.53 Å². The normalized spacial score (nSPS) is 10.9. The Morgan fingerprint density at radius 3 is 2.61 bits per heavy atom. The Bertz CT molecular complexity index is 470. The highest BCUT2D eigenvalue weighted by Gasteiger charge is 2.23. The van der Waals surface area contributed by atoms with Gasteiger partial charge in [0.1, 0.15) is 0 Å². The first kappa shape index (κ1) is 14.0. The number of nitrogens with zero attached hydrogens (tertiary/aromatic N) is 1. The van der Waals surface area contributed by atoms with E-state index in [1.165, 1.54) is 0 Å². The molecule has 1 N–H and O–H groups in total.